The topological polar surface area (TPSA) is 54.3 Å². The summed E-state index contributed by atoms with van der Waals surface area (Å²) in [7, 11) is 0. The number of nitrogens with zero attached hydrogens (tertiary/aromatic N) is 5. The van der Waals surface area contributed by atoms with E-state index in [4.69, 9.17) is 4.98 Å². The zero-order chi connectivity index (χ0) is 22.2. The van der Waals surface area contributed by atoms with E-state index in [0.29, 0.717) is 25.2 Å². The molecule has 2 aromatic heterocycles. The van der Waals surface area contributed by atoms with Gasteiger partial charge in [-0.3, -0.25) is 4.79 Å². The SMILES string of the molecule is Cc1nn(-c2ccc(F)cc2)c2nc(N3CCCN(C(=O)c4cccc(F)c4)CC3)sc12. The summed E-state index contributed by atoms with van der Waals surface area (Å²) in [5.41, 5.74) is 2.73. The second-order valence-corrected chi connectivity index (χ2v) is 8.74. The summed E-state index contributed by atoms with van der Waals surface area (Å²) in [6.45, 7) is 4.49. The van der Waals surface area contributed by atoms with Crippen molar-refractivity contribution in [3.63, 3.8) is 0 Å². The lowest BCUT2D eigenvalue weighted by atomic mass is 10.2. The summed E-state index contributed by atoms with van der Waals surface area (Å²) >= 11 is 1.57. The normalized spacial score (nSPS) is 14.7. The highest BCUT2D eigenvalue weighted by Gasteiger charge is 2.24. The van der Waals surface area contributed by atoms with Crippen molar-refractivity contribution in [2.75, 3.05) is 31.1 Å². The molecule has 1 aliphatic rings. The second-order valence-electron chi connectivity index (χ2n) is 7.77. The molecule has 5 rings (SSSR count). The van der Waals surface area contributed by atoms with Gasteiger partial charge in [0.2, 0.25) is 0 Å². The fourth-order valence-corrected chi connectivity index (χ4v) is 4.97. The van der Waals surface area contributed by atoms with Crippen molar-refractivity contribution < 1.29 is 13.6 Å². The van der Waals surface area contributed by atoms with E-state index in [1.165, 1.54) is 24.3 Å². The zero-order valence-corrected chi connectivity index (χ0v) is 18.3. The Morgan fingerprint density at radius 3 is 2.59 bits per heavy atom. The summed E-state index contributed by atoms with van der Waals surface area (Å²) < 4.78 is 29.6. The van der Waals surface area contributed by atoms with Crippen molar-refractivity contribution in [1.82, 2.24) is 19.7 Å². The first-order valence-electron chi connectivity index (χ1n) is 10.4. The van der Waals surface area contributed by atoms with Crippen LogP contribution in [0, 0.1) is 18.6 Å². The fraction of sp³-hybridized carbons (Fsp3) is 0.261. The van der Waals surface area contributed by atoms with Crippen LogP contribution in [0.4, 0.5) is 13.9 Å². The molecule has 0 radical (unpaired) electrons. The van der Waals surface area contributed by atoms with Crippen LogP contribution in [-0.4, -0.2) is 51.8 Å². The van der Waals surface area contributed by atoms with Gasteiger partial charge in [0.1, 0.15) is 11.6 Å². The Labute approximate surface area is 187 Å². The summed E-state index contributed by atoms with van der Waals surface area (Å²) in [6.07, 6.45) is 0.792. The summed E-state index contributed by atoms with van der Waals surface area (Å²) in [5, 5.41) is 5.44. The maximum atomic E-state index is 13.5. The maximum Gasteiger partial charge on any atom is 0.254 e. The molecule has 0 aliphatic carbocycles. The molecule has 0 atom stereocenters. The Hall–Kier alpha value is -3.33. The van der Waals surface area contributed by atoms with Crippen molar-refractivity contribution in [3.8, 4) is 5.69 Å². The van der Waals surface area contributed by atoms with Gasteiger partial charge >= 0.3 is 0 Å². The number of halogens is 2. The Bertz CT molecular complexity index is 1280. The van der Waals surface area contributed by atoms with E-state index in [2.05, 4.69) is 10.00 Å². The predicted molar refractivity (Wildman–Crippen MR) is 121 cm³/mol. The van der Waals surface area contributed by atoms with Crippen molar-refractivity contribution in [3.05, 3.63) is 71.4 Å². The highest BCUT2D eigenvalue weighted by Crippen LogP contribution is 2.33. The lowest BCUT2D eigenvalue weighted by Crippen LogP contribution is -2.35. The number of fused-ring (bicyclic) bond motifs is 1. The molecule has 9 heteroatoms. The van der Waals surface area contributed by atoms with E-state index >= 15 is 0 Å². The number of carbonyl (C=O) groups is 1. The largest absolute Gasteiger partial charge is 0.346 e. The highest BCUT2D eigenvalue weighted by atomic mass is 32.1. The Morgan fingerprint density at radius 1 is 1.00 bits per heavy atom. The monoisotopic (exact) mass is 453 g/mol. The molecule has 6 nitrogen and oxygen atoms in total. The number of amides is 1. The number of benzene rings is 2. The van der Waals surface area contributed by atoms with Gasteiger partial charge in [-0.2, -0.15) is 10.1 Å². The fourth-order valence-electron chi connectivity index (χ4n) is 3.94. The van der Waals surface area contributed by atoms with E-state index in [-0.39, 0.29) is 11.7 Å². The van der Waals surface area contributed by atoms with Crippen LogP contribution in [0.15, 0.2) is 48.5 Å². The highest BCUT2D eigenvalue weighted by molar-refractivity contribution is 7.22. The average molecular weight is 454 g/mol. The number of thiazole rings is 1. The average Bonchev–Trinajstić information content (AvgIpc) is 3.25. The van der Waals surface area contributed by atoms with Gasteiger partial charge in [0, 0.05) is 31.7 Å². The van der Waals surface area contributed by atoms with Gasteiger partial charge in [0.25, 0.3) is 5.91 Å². The summed E-state index contributed by atoms with van der Waals surface area (Å²) in [4.78, 5) is 21.6. The molecule has 0 spiro atoms. The first-order chi connectivity index (χ1) is 15.5. The first-order valence-corrected chi connectivity index (χ1v) is 11.2. The van der Waals surface area contributed by atoms with Gasteiger partial charge in [-0.1, -0.05) is 17.4 Å². The van der Waals surface area contributed by atoms with Gasteiger partial charge in [-0.15, -0.1) is 0 Å². The van der Waals surface area contributed by atoms with E-state index in [1.54, 1.807) is 45.2 Å². The van der Waals surface area contributed by atoms with Crippen LogP contribution in [0.3, 0.4) is 0 Å². The van der Waals surface area contributed by atoms with E-state index < -0.39 is 5.82 Å². The van der Waals surface area contributed by atoms with Crippen molar-refractivity contribution in [2.45, 2.75) is 13.3 Å². The predicted octanol–water partition coefficient (Wildman–Crippen LogP) is 4.42. The number of hydrogen-bond donors (Lipinski definition) is 0. The van der Waals surface area contributed by atoms with Crippen LogP contribution in [0.5, 0.6) is 0 Å². The minimum Gasteiger partial charge on any atom is -0.346 e. The molecule has 32 heavy (non-hydrogen) atoms. The molecule has 0 saturated carbocycles. The Morgan fingerprint density at radius 2 is 1.81 bits per heavy atom. The van der Waals surface area contributed by atoms with E-state index in [1.807, 2.05) is 6.92 Å². The standard InChI is InChI=1S/C23H21F2N5OS/c1-15-20-21(30(27-15)19-8-6-17(24)7-9-19)26-23(32-20)29-11-3-10-28(12-13-29)22(31)16-4-2-5-18(25)14-16/h2,4-9,14H,3,10-13H2,1H3. The number of rotatable bonds is 3. The van der Waals surface area contributed by atoms with Crippen LogP contribution in [0.25, 0.3) is 16.0 Å². The van der Waals surface area contributed by atoms with Gasteiger partial charge in [-0.05, 0) is 55.8 Å². The van der Waals surface area contributed by atoms with Crippen LogP contribution in [-0.2, 0) is 0 Å². The molecule has 0 bridgehead atoms. The summed E-state index contributed by atoms with van der Waals surface area (Å²) in [5.74, 6) is -0.861. The van der Waals surface area contributed by atoms with Crippen LogP contribution in [0.1, 0.15) is 22.5 Å². The maximum absolute atomic E-state index is 13.5. The van der Waals surface area contributed by atoms with Gasteiger partial charge in [0.05, 0.1) is 16.1 Å². The quantitative estimate of drug-likeness (QED) is 0.461. The van der Waals surface area contributed by atoms with Crippen molar-refractivity contribution in [2.24, 2.45) is 0 Å². The van der Waals surface area contributed by atoms with Crippen LogP contribution >= 0.6 is 11.3 Å². The molecular weight excluding hydrogens is 432 g/mol. The van der Waals surface area contributed by atoms with Gasteiger partial charge in [0.15, 0.2) is 10.8 Å². The molecule has 3 heterocycles. The molecular formula is C23H21F2N5OS. The molecule has 1 fully saturated rings. The number of aromatic nitrogens is 3. The lowest BCUT2D eigenvalue weighted by Gasteiger charge is -2.21. The van der Waals surface area contributed by atoms with E-state index in [0.717, 1.165) is 39.8 Å². The Balaban J connectivity index is 1.37. The minimum atomic E-state index is -0.410. The van der Waals surface area contributed by atoms with Crippen molar-refractivity contribution >= 4 is 32.7 Å². The molecule has 164 valence electrons. The number of aryl methyl sites for hydroxylation is 1. The van der Waals surface area contributed by atoms with Crippen LogP contribution in [0.2, 0.25) is 0 Å². The molecule has 1 saturated heterocycles. The third-order valence-corrected chi connectivity index (χ3v) is 6.79. The number of anilines is 1. The molecule has 0 N–H and O–H groups in total. The molecule has 0 unspecified atom stereocenters. The molecule has 1 aliphatic heterocycles. The van der Waals surface area contributed by atoms with E-state index in [9.17, 15) is 13.6 Å². The minimum absolute atomic E-state index is 0.154. The first kappa shape index (κ1) is 20.6. The summed E-state index contributed by atoms with van der Waals surface area (Å²) in [6, 6.07) is 12.0. The molecule has 4 aromatic rings. The number of carbonyl (C=O) groups excluding carboxylic acids is 1. The third kappa shape index (κ3) is 3.84. The smallest absolute Gasteiger partial charge is 0.254 e. The van der Waals surface area contributed by atoms with Gasteiger partial charge in [-0.25, -0.2) is 13.5 Å². The van der Waals surface area contributed by atoms with Crippen molar-refractivity contribution in [1.29, 1.82) is 0 Å². The van der Waals surface area contributed by atoms with Crippen LogP contribution < -0.4 is 4.90 Å². The lowest BCUT2D eigenvalue weighted by molar-refractivity contribution is 0.0766. The zero-order valence-electron chi connectivity index (χ0n) is 17.5. The number of hydrogen-bond acceptors (Lipinski definition) is 5. The second kappa shape index (κ2) is 8.31. The molecule has 1 amide bonds. The third-order valence-electron chi connectivity index (χ3n) is 5.57. The Kier molecular flexibility index (Phi) is 5.34. The molecule has 2 aromatic carbocycles. The van der Waals surface area contributed by atoms with Gasteiger partial charge < -0.3 is 9.80 Å².